The van der Waals surface area contributed by atoms with Gasteiger partial charge in [-0.15, -0.1) is 0 Å². The first-order chi connectivity index (χ1) is 14.3. The van der Waals surface area contributed by atoms with Crippen molar-refractivity contribution < 1.29 is 4.84 Å². The molecule has 0 unspecified atom stereocenters. The van der Waals surface area contributed by atoms with Crippen molar-refractivity contribution in [2.75, 3.05) is 7.11 Å². The van der Waals surface area contributed by atoms with Gasteiger partial charge in [0.05, 0.1) is 5.69 Å². The third kappa shape index (κ3) is 3.02. The molecule has 29 heavy (non-hydrogen) atoms. The number of oxime groups is 1. The number of H-pyrrole nitrogens is 1. The molecule has 146 valence electrons. The molecule has 0 spiro atoms. The Hall–Kier alpha value is -3.07. The van der Waals surface area contributed by atoms with Crippen LogP contribution in [0.25, 0.3) is 6.08 Å². The normalized spacial score (nSPS) is 18.2. The van der Waals surface area contributed by atoms with Gasteiger partial charge >= 0.3 is 0 Å². The number of hydrogen-bond donors (Lipinski definition) is 1. The summed E-state index contributed by atoms with van der Waals surface area (Å²) in [6.07, 6.45) is 11.4. The number of aromatic amines is 1. The van der Waals surface area contributed by atoms with E-state index in [1.165, 1.54) is 41.5 Å². The van der Waals surface area contributed by atoms with E-state index < -0.39 is 0 Å². The molecule has 1 fully saturated rings. The molecule has 1 N–H and O–H groups in total. The molecule has 3 aromatic rings. The molecule has 3 nitrogen and oxygen atoms in total. The predicted molar refractivity (Wildman–Crippen MR) is 118 cm³/mol. The second-order valence-electron chi connectivity index (χ2n) is 8.10. The van der Waals surface area contributed by atoms with E-state index >= 15 is 0 Å². The number of aromatic nitrogens is 1. The van der Waals surface area contributed by atoms with Crippen molar-refractivity contribution in [2.24, 2.45) is 11.1 Å². The van der Waals surface area contributed by atoms with Crippen LogP contribution < -0.4 is 0 Å². The lowest BCUT2D eigenvalue weighted by atomic mass is 9.67. The Kier molecular flexibility index (Phi) is 4.59. The summed E-state index contributed by atoms with van der Waals surface area (Å²) in [5.41, 5.74) is 7.26. The smallest absolute Gasteiger partial charge is 0.107 e. The van der Waals surface area contributed by atoms with E-state index in [1.807, 2.05) is 0 Å². The Balaban J connectivity index is 1.60. The monoisotopic (exact) mass is 382 g/mol. The molecule has 2 aliphatic carbocycles. The van der Waals surface area contributed by atoms with E-state index in [0.29, 0.717) is 5.92 Å². The van der Waals surface area contributed by atoms with Crippen molar-refractivity contribution in [3.05, 3.63) is 101 Å². The molecule has 0 atom stereocenters. The Bertz CT molecular complexity index is 1000. The highest BCUT2D eigenvalue weighted by molar-refractivity contribution is 6.04. The lowest BCUT2D eigenvalue weighted by molar-refractivity contribution is 0.208. The minimum Gasteiger partial charge on any atom is -0.399 e. The second-order valence-corrected chi connectivity index (χ2v) is 8.10. The van der Waals surface area contributed by atoms with Gasteiger partial charge in [0, 0.05) is 23.1 Å². The molecular formula is C26H26N2O. The number of nitrogens with zero attached hydrogens (tertiary/aromatic N) is 1. The lowest BCUT2D eigenvalue weighted by Crippen LogP contribution is -2.30. The first-order valence-corrected chi connectivity index (χ1v) is 10.4. The minimum atomic E-state index is -0.163. The van der Waals surface area contributed by atoms with Crippen LogP contribution in [0.15, 0.2) is 78.1 Å². The van der Waals surface area contributed by atoms with E-state index in [4.69, 9.17) is 4.84 Å². The number of nitrogens with one attached hydrogen (secondary N) is 1. The third-order valence-corrected chi connectivity index (χ3v) is 6.53. The van der Waals surface area contributed by atoms with Crippen LogP contribution in [0.3, 0.4) is 0 Å². The number of hydrogen-bond acceptors (Lipinski definition) is 2. The van der Waals surface area contributed by atoms with Gasteiger partial charge in [-0.2, -0.15) is 0 Å². The Labute approximate surface area is 172 Å². The van der Waals surface area contributed by atoms with E-state index in [0.717, 1.165) is 17.8 Å². The summed E-state index contributed by atoms with van der Waals surface area (Å²) in [6.45, 7) is 0. The van der Waals surface area contributed by atoms with Crippen molar-refractivity contribution in [3.63, 3.8) is 0 Å². The highest BCUT2D eigenvalue weighted by Crippen LogP contribution is 2.43. The number of fused-ring (bicyclic) bond motifs is 1. The van der Waals surface area contributed by atoms with Gasteiger partial charge in [-0.3, -0.25) is 0 Å². The number of benzene rings is 2. The third-order valence-electron chi connectivity index (χ3n) is 6.53. The molecule has 2 aliphatic rings. The molecular weight excluding hydrogens is 356 g/mol. The molecule has 0 saturated heterocycles. The molecule has 0 aliphatic heterocycles. The van der Waals surface area contributed by atoms with E-state index in [-0.39, 0.29) is 5.41 Å². The van der Waals surface area contributed by atoms with Crippen LogP contribution in [-0.4, -0.2) is 17.8 Å². The number of allylic oxidation sites excluding steroid dienone is 1. The molecule has 1 aromatic heterocycles. The first-order valence-electron chi connectivity index (χ1n) is 10.4. The van der Waals surface area contributed by atoms with Gasteiger partial charge in [-0.25, -0.2) is 0 Å². The summed E-state index contributed by atoms with van der Waals surface area (Å²) >= 11 is 0. The van der Waals surface area contributed by atoms with Crippen molar-refractivity contribution in [2.45, 2.75) is 31.1 Å². The Morgan fingerprint density at radius 3 is 2.21 bits per heavy atom. The van der Waals surface area contributed by atoms with Gasteiger partial charge in [-0.05, 0) is 36.0 Å². The summed E-state index contributed by atoms with van der Waals surface area (Å²) in [7, 11) is 1.64. The molecule has 0 amide bonds. The minimum absolute atomic E-state index is 0.163. The van der Waals surface area contributed by atoms with Crippen LogP contribution in [-0.2, 0) is 16.7 Å². The largest absolute Gasteiger partial charge is 0.399 e. The predicted octanol–water partition coefficient (Wildman–Crippen LogP) is 5.72. The van der Waals surface area contributed by atoms with Gasteiger partial charge in [-0.1, -0.05) is 84.4 Å². The number of rotatable bonds is 5. The zero-order chi connectivity index (χ0) is 19.7. The Morgan fingerprint density at radius 2 is 1.66 bits per heavy atom. The summed E-state index contributed by atoms with van der Waals surface area (Å²) < 4.78 is 0. The van der Waals surface area contributed by atoms with Gasteiger partial charge in [0.2, 0.25) is 0 Å². The van der Waals surface area contributed by atoms with Gasteiger partial charge < -0.3 is 9.82 Å². The van der Waals surface area contributed by atoms with Crippen molar-refractivity contribution in [1.29, 1.82) is 0 Å². The van der Waals surface area contributed by atoms with E-state index in [1.54, 1.807) is 7.11 Å². The molecule has 1 heterocycles. The summed E-state index contributed by atoms with van der Waals surface area (Å²) in [4.78, 5) is 8.73. The van der Waals surface area contributed by atoms with Crippen LogP contribution in [0.2, 0.25) is 0 Å². The average molecular weight is 383 g/mol. The SMILES string of the molecule is CON=C(c1[nH]cc2c1C=CC(c1ccccc1)(c1ccccc1)C2)C1CCC1. The molecule has 2 aromatic carbocycles. The first kappa shape index (κ1) is 18.0. The van der Waals surface area contributed by atoms with Crippen molar-refractivity contribution >= 4 is 11.8 Å². The maximum Gasteiger partial charge on any atom is 0.107 e. The van der Waals surface area contributed by atoms with Crippen LogP contribution >= 0.6 is 0 Å². The highest BCUT2D eigenvalue weighted by atomic mass is 16.6. The zero-order valence-electron chi connectivity index (χ0n) is 16.8. The quantitative estimate of drug-likeness (QED) is 0.445. The summed E-state index contributed by atoms with van der Waals surface area (Å²) in [5, 5.41) is 4.40. The highest BCUT2D eigenvalue weighted by Gasteiger charge is 2.37. The molecule has 1 saturated carbocycles. The second kappa shape index (κ2) is 7.40. The maximum absolute atomic E-state index is 5.20. The Morgan fingerprint density at radius 1 is 1.00 bits per heavy atom. The molecule has 3 heteroatoms. The van der Waals surface area contributed by atoms with Crippen LogP contribution in [0, 0.1) is 5.92 Å². The summed E-state index contributed by atoms with van der Waals surface area (Å²) in [5.74, 6) is 0.501. The van der Waals surface area contributed by atoms with Crippen LogP contribution in [0.4, 0.5) is 0 Å². The lowest BCUT2D eigenvalue weighted by Gasteiger charge is -2.35. The van der Waals surface area contributed by atoms with Crippen LogP contribution in [0.5, 0.6) is 0 Å². The van der Waals surface area contributed by atoms with Crippen molar-refractivity contribution in [3.8, 4) is 0 Å². The zero-order valence-corrected chi connectivity index (χ0v) is 16.8. The van der Waals surface area contributed by atoms with Gasteiger partial charge in [0.15, 0.2) is 0 Å². The molecule has 0 radical (unpaired) electrons. The van der Waals surface area contributed by atoms with Gasteiger partial charge in [0.25, 0.3) is 0 Å². The van der Waals surface area contributed by atoms with Crippen molar-refractivity contribution in [1.82, 2.24) is 4.98 Å². The molecule has 0 bridgehead atoms. The fourth-order valence-electron chi connectivity index (χ4n) is 4.75. The summed E-state index contributed by atoms with van der Waals surface area (Å²) in [6, 6.07) is 21.6. The fraction of sp³-hybridized carbons (Fsp3) is 0.269. The topological polar surface area (TPSA) is 37.4 Å². The van der Waals surface area contributed by atoms with Crippen LogP contribution in [0.1, 0.15) is 47.2 Å². The van der Waals surface area contributed by atoms with E-state index in [9.17, 15) is 0 Å². The maximum atomic E-state index is 5.20. The fourth-order valence-corrected chi connectivity index (χ4v) is 4.75. The average Bonchev–Trinajstić information content (AvgIpc) is 3.16. The van der Waals surface area contributed by atoms with Gasteiger partial charge in [0.1, 0.15) is 12.8 Å². The van der Waals surface area contributed by atoms with E-state index in [2.05, 4.69) is 89.2 Å². The standard InChI is InChI=1S/C26H26N2O/c1-29-28-24(19-9-8-10-19)25-23-15-16-26(17-20(23)18-27-25,21-11-4-2-5-12-21)22-13-6-3-7-14-22/h2-7,11-16,18-19,27H,8-10,17H2,1H3. The molecule has 5 rings (SSSR count).